The van der Waals surface area contributed by atoms with Crippen LogP contribution in [0, 0.1) is 18.3 Å². The van der Waals surface area contributed by atoms with Gasteiger partial charge in [0.1, 0.15) is 11.8 Å². The molecular weight excluding hydrogens is 344 g/mol. The highest BCUT2D eigenvalue weighted by molar-refractivity contribution is 5.97. The van der Waals surface area contributed by atoms with Crippen molar-refractivity contribution in [3.05, 3.63) is 47.5 Å². The first-order valence-corrected chi connectivity index (χ1v) is 8.78. The molecule has 0 N–H and O–H groups in total. The number of anilines is 1. The van der Waals surface area contributed by atoms with Crippen LogP contribution >= 0.6 is 0 Å². The number of piperazine rings is 1. The van der Waals surface area contributed by atoms with Gasteiger partial charge in [0.2, 0.25) is 11.9 Å². The van der Waals surface area contributed by atoms with E-state index in [1.165, 1.54) is 6.20 Å². The Labute approximate surface area is 157 Å². The highest BCUT2D eigenvalue weighted by atomic mass is 16.2. The van der Waals surface area contributed by atoms with E-state index in [2.05, 4.69) is 15.0 Å². The molecule has 3 heterocycles. The van der Waals surface area contributed by atoms with Crippen LogP contribution in [-0.4, -0.2) is 57.7 Å². The SMILES string of the molecule is Cc1cc(C#N)nc(N2CCN(C(=O)CCC(=O)c3cccnc3)CC2)n1. The van der Waals surface area contributed by atoms with Crippen LogP contribution in [0.3, 0.4) is 0 Å². The lowest BCUT2D eigenvalue weighted by Crippen LogP contribution is -2.49. The van der Waals surface area contributed by atoms with Crippen LogP contribution in [0.5, 0.6) is 0 Å². The van der Waals surface area contributed by atoms with Gasteiger partial charge in [0.15, 0.2) is 5.78 Å². The Bertz CT molecular complexity index is 870. The number of hydrogen-bond donors (Lipinski definition) is 0. The van der Waals surface area contributed by atoms with Crippen LogP contribution in [-0.2, 0) is 4.79 Å². The molecule has 27 heavy (non-hydrogen) atoms. The number of hydrogen-bond acceptors (Lipinski definition) is 7. The van der Waals surface area contributed by atoms with Gasteiger partial charge in [-0.2, -0.15) is 5.26 Å². The maximum atomic E-state index is 12.4. The van der Waals surface area contributed by atoms with Gasteiger partial charge in [-0.1, -0.05) is 0 Å². The van der Waals surface area contributed by atoms with E-state index in [0.29, 0.717) is 43.4 Å². The molecule has 2 aromatic rings. The molecule has 0 unspecified atom stereocenters. The fourth-order valence-electron chi connectivity index (χ4n) is 2.96. The van der Waals surface area contributed by atoms with Crippen molar-refractivity contribution in [2.24, 2.45) is 0 Å². The number of aromatic nitrogens is 3. The third-order valence-corrected chi connectivity index (χ3v) is 4.42. The molecule has 1 aliphatic heterocycles. The smallest absolute Gasteiger partial charge is 0.226 e. The van der Waals surface area contributed by atoms with Crippen molar-refractivity contribution >= 4 is 17.6 Å². The van der Waals surface area contributed by atoms with E-state index in [4.69, 9.17) is 5.26 Å². The summed E-state index contributed by atoms with van der Waals surface area (Å²) < 4.78 is 0. The third-order valence-electron chi connectivity index (χ3n) is 4.42. The molecule has 2 aromatic heterocycles. The molecule has 1 amide bonds. The Morgan fingerprint density at radius 1 is 1.19 bits per heavy atom. The van der Waals surface area contributed by atoms with Gasteiger partial charge in [-0.05, 0) is 25.1 Å². The Hall–Kier alpha value is -3.34. The average molecular weight is 364 g/mol. The molecule has 1 fully saturated rings. The first-order chi connectivity index (χ1) is 13.1. The minimum absolute atomic E-state index is 0.0326. The molecule has 1 saturated heterocycles. The number of amides is 1. The molecule has 0 aliphatic carbocycles. The zero-order valence-corrected chi connectivity index (χ0v) is 15.1. The maximum Gasteiger partial charge on any atom is 0.226 e. The Kier molecular flexibility index (Phi) is 5.71. The molecule has 8 nitrogen and oxygen atoms in total. The Balaban J connectivity index is 1.51. The van der Waals surface area contributed by atoms with E-state index in [9.17, 15) is 9.59 Å². The number of carbonyl (C=O) groups is 2. The zero-order valence-electron chi connectivity index (χ0n) is 15.1. The van der Waals surface area contributed by atoms with Crippen molar-refractivity contribution in [2.75, 3.05) is 31.1 Å². The minimum atomic E-state index is -0.0766. The van der Waals surface area contributed by atoms with Crippen LogP contribution in [0.25, 0.3) is 0 Å². The predicted molar refractivity (Wildman–Crippen MR) is 98.1 cm³/mol. The second-order valence-electron chi connectivity index (χ2n) is 6.34. The molecule has 3 rings (SSSR count). The lowest BCUT2D eigenvalue weighted by atomic mass is 10.1. The molecule has 0 aromatic carbocycles. The van der Waals surface area contributed by atoms with Crippen molar-refractivity contribution in [1.82, 2.24) is 19.9 Å². The topological polar surface area (TPSA) is 103 Å². The van der Waals surface area contributed by atoms with Crippen molar-refractivity contribution in [1.29, 1.82) is 5.26 Å². The fourth-order valence-corrected chi connectivity index (χ4v) is 2.96. The number of aryl methyl sites for hydroxylation is 1. The fraction of sp³-hybridized carbons (Fsp3) is 0.368. The van der Waals surface area contributed by atoms with Gasteiger partial charge >= 0.3 is 0 Å². The van der Waals surface area contributed by atoms with Gasteiger partial charge < -0.3 is 9.80 Å². The number of carbonyl (C=O) groups excluding carboxylic acids is 2. The van der Waals surface area contributed by atoms with Gasteiger partial charge in [-0.3, -0.25) is 14.6 Å². The van der Waals surface area contributed by atoms with Crippen LogP contribution in [0.4, 0.5) is 5.95 Å². The normalized spacial score (nSPS) is 13.9. The molecule has 138 valence electrons. The number of Topliss-reactive ketones (excluding diaryl/α,β-unsaturated/α-hetero) is 1. The number of nitrogens with zero attached hydrogens (tertiary/aromatic N) is 6. The lowest BCUT2D eigenvalue weighted by molar-refractivity contribution is -0.131. The lowest BCUT2D eigenvalue weighted by Gasteiger charge is -2.34. The number of rotatable bonds is 5. The minimum Gasteiger partial charge on any atom is -0.339 e. The second-order valence-corrected chi connectivity index (χ2v) is 6.34. The van der Waals surface area contributed by atoms with Crippen molar-refractivity contribution in [2.45, 2.75) is 19.8 Å². The summed E-state index contributed by atoms with van der Waals surface area (Å²) in [5.41, 5.74) is 1.61. The molecule has 0 spiro atoms. The van der Waals surface area contributed by atoms with Gasteiger partial charge in [0.25, 0.3) is 0 Å². The molecule has 8 heteroatoms. The average Bonchev–Trinajstić information content (AvgIpc) is 2.72. The highest BCUT2D eigenvalue weighted by Crippen LogP contribution is 2.14. The van der Waals surface area contributed by atoms with E-state index in [1.807, 2.05) is 17.9 Å². The van der Waals surface area contributed by atoms with Gasteiger partial charge in [0, 0.05) is 62.7 Å². The molecule has 0 atom stereocenters. The first-order valence-electron chi connectivity index (χ1n) is 8.78. The monoisotopic (exact) mass is 364 g/mol. The molecule has 0 saturated carbocycles. The molecule has 1 aliphatic rings. The first kappa shape index (κ1) is 18.5. The summed E-state index contributed by atoms with van der Waals surface area (Å²) in [7, 11) is 0. The summed E-state index contributed by atoms with van der Waals surface area (Å²) in [5.74, 6) is 0.410. The summed E-state index contributed by atoms with van der Waals surface area (Å²) in [4.78, 5) is 40.8. The summed E-state index contributed by atoms with van der Waals surface area (Å²) in [5, 5.41) is 9.04. The maximum absolute atomic E-state index is 12.4. The predicted octanol–water partition coefficient (Wildman–Crippen LogP) is 1.36. The van der Waals surface area contributed by atoms with Crippen LogP contribution in [0.2, 0.25) is 0 Å². The number of pyridine rings is 1. The van der Waals surface area contributed by atoms with Crippen LogP contribution in [0.15, 0.2) is 30.6 Å². The molecular formula is C19H20N6O2. The van der Waals surface area contributed by atoms with Gasteiger partial charge in [0.05, 0.1) is 0 Å². The van der Waals surface area contributed by atoms with E-state index >= 15 is 0 Å². The largest absolute Gasteiger partial charge is 0.339 e. The van der Waals surface area contributed by atoms with Crippen molar-refractivity contribution < 1.29 is 9.59 Å². The zero-order chi connectivity index (χ0) is 19.2. The number of ketones is 1. The van der Waals surface area contributed by atoms with E-state index in [1.54, 1.807) is 29.3 Å². The Morgan fingerprint density at radius 2 is 1.96 bits per heavy atom. The Morgan fingerprint density at radius 3 is 2.63 bits per heavy atom. The van der Waals surface area contributed by atoms with E-state index in [-0.39, 0.29) is 24.5 Å². The summed E-state index contributed by atoms with van der Waals surface area (Å²) in [6.07, 6.45) is 3.49. The molecule has 0 bridgehead atoms. The van der Waals surface area contributed by atoms with E-state index in [0.717, 1.165) is 5.69 Å². The van der Waals surface area contributed by atoms with Gasteiger partial charge in [-0.15, -0.1) is 0 Å². The van der Waals surface area contributed by atoms with Crippen molar-refractivity contribution in [3.63, 3.8) is 0 Å². The van der Waals surface area contributed by atoms with Crippen molar-refractivity contribution in [3.8, 4) is 6.07 Å². The second kappa shape index (κ2) is 8.36. The summed E-state index contributed by atoms with van der Waals surface area (Å²) in [6.45, 7) is 4.09. The highest BCUT2D eigenvalue weighted by Gasteiger charge is 2.23. The quantitative estimate of drug-likeness (QED) is 0.738. The third kappa shape index (κ3) is 4.64. The van der Waals surface area contributed by atoms with Gasteiger partial charge in [-0.25, -0.2) is 9.97 Å². The van der Waals surface area contributed by atoms with Crippen LogP contribution < -0.4 is 4.90 Å². The summed E-state index contributed by atoms with van der Waals surface area (Å²) >= 11 is 0. The number of nitriles is 1. The van der Waals surface area contributed by atoms with E-state index < -0.39 is 0 Å². The molecule has 0 radical (unpaired) electrons. The standard InChI is InChI=1S/C19H20N6O2/c1-14-11-16(12-20)23-19(22-14)25-9-7-24(8-10-25)18(27)5-4-17(26)15-3-2-6-21-13-15/h2-3,6,11,13H,4-5,7-10H2,1H3. The summed E-state index contributed by atoms with van der Waals surface area (Å²) in [6, 6.07) is 7.09. The van der Waals surface area contributed by atoms with Crippen LogP contribution in [0.1, 0.15) is 34.6 Å².